The van der Waals surface area contributed by atoms with Crippen LogP contribution in [0.1, 0.15) is 0 Å². The van der Waals surface area contributed by atoms with E-state index in [2.05, 4.69) is 15.8 Å². The number of aromatic nitrogens is 1. The molecule has 0 radical (unpaired) electrons. The summed E-state index contributed by atoms with van der Waals surface area (Å²) in [5, 5.41) is 2.50. The second-order valence-corrected chi connectivity index (χ2v) is 3.88. The van der Waals surface area contributed by atoms with Gasteiger partial charge in [0, 0.05) is 10.9 Å². The first-order chi connectivity index (χ1) is 7.75. The van der Waals surface area contributed by atoms with Crippen molar-refractivity contribution in [2.75, 3.05) is 5.43 Å². The molecule has 0 aliphatic carbocycles. The van der Waals surface area contributed by atoms with Gasteiger partial charge in [-0.05, 0) is 0 Å². The Hall–Kier alpha value is -2.08. The number of hydrogen-bond acceptors (Lipinski definition) is 4. The second-order valence-electron chi connectivity index (χ2n) is 3.02. The first-order valence-electron chi connectivity index (χ1n) is 4.58. The summed E-state index contributed by atoms with van der Waals surface area (Å²) in [4.78, 5) is 14.8. The number of hydrogen-bond donors (Lipinski definition) is 3. The van der Waals surface area contributed by atoms with Gasteiger partial charge in [-0.25, -0.2) is 15.2 Å². The number of benzene rings is 1. The lowest BCUT2D eigenvalue weighted by atomic mass is 10.2. The van der Waals surface area contributed by atoms with Gasteiger partial charge in [0.05, 0.1) is 5.69 Å². The van der Waals surface area contributed by atoms with Crippen LogP contribution in [0.5, 0.6) is 0 Å². The standard InChI is InChI=1S/C10H10N4OS/c11-9(15)13-14-10-12-8(6-16-10)7-4-2-1-3-5-7/h1-6H,(H,12,14)(H3,11,13,15). The predicted molar refractivity (Wildman–Crippen MR) is 63.9 cm³/mol. The first kappa shape index (κ1) is 10.4. The van der Waals surface area contributed by atoms with E-state index in [1.165, 1.54) is 11.3 Å². The molecule has 0 unspecified atom stereocenters. The number of primary amides is 1. The number of carbonyl (C=O) groups is 1. The lowest BCUT2D eigenvalue weighted by Crippen LogP contribution is -2.34. The molecule has 2 aromatic rings. The quantitative estimate of drug-likeness (QED) is 0.708. The summed E-state index contributed by atoms with van der Waals surface area (Å²) < 4.78 is 0. The number of nitrogens with zero attached hydrogens (tertiary/aromatic N) is 1. The molecule has 2 amide bonds. The van der Waals surface area contributed by atoms with Crippen molar-refractivity contribution in [3.8, 4) is 11.3 Å². The van der Waals surface area contributed by atoms with E-state index in [4.69, 9.17) is 5.73 Å². The van der Waals surface area contributed by atoms with Crippen molar-refractivity contribution >= 4 is 22.5 Å². The number of nitrogens with two attached hydrogens (primary N) is 1. The fraction of sp³-hybridized carbons (Fsp3) is 0. The molecular weight excluding hydrogens is 224 g/mol. The predicted octanol–water partition coefficient (Wildman–Crippen LogP) is 1.81. The van der Waals surface area contributed by atoms with Gasteiger partial charge < -0.3 is 5.73 Å². The summed E-state index contributed by atoms with van der Waals surface area (Å²) in [6, 6.07) is 9.15. The average molecular weight is 234 g/mol. The van der Waals surface area contributed by atoms with Crippen LogP contribution in [0.4, 0.5) is 9.93 Å². The van der Waals surface area contributed by atoms with Crippen molar-refractivity contribution in [1.29, 1.82) is 0 Å². The monoisotopic (exact) mass is 234 g/mol. The van der Waals surface area contributed by atoms with Crippen molar-refractivity contribution in [1.82, 2.24) is 10.4 Å². The third-order valence-corrected chi connectivity index (χ3v) is 2.62. The molecule has 0 saturated carbocycles. The van der Waals surface area contributed by atoms with Gasteiger partial charge in [-0.1, -0.05) is 30.3 Å². The Bertz CT molecular complexity index is 483. The van der Waals surface area contributed by atoms with Gasteiger partial charge in [0.1, 0.15) is 0 Å². The maximum Gasteiger partial charge on any atom is 0.330 e. The van der Waals surface area contributed by atoms with Crippen LogP contribution in [0, 0.1) is 0 Å². The van der Waals surface area contributed by atoms with E-state index >= 15 is 0 Å². The van der Waals surface area contributed by atoms with Crippen molar-refractivity contribution < 1.29 is 4.79 Å². The van der Waals surface area contributed by atoms with Gasteiger partial charge >= 0.3 is 6.03 Å². The van der Waals surface area contributed by atoms with Crippen LogP contribution >= 0.6 is 11.3 Å². The topological polar surface area (TPSA) is 80.0 Å². The minimum atomic E-state index is -0.642. The molecule has 82 valence electrons. The minimum Gasteiger partial charge on any atom is -0.350 e. The van der Waals surface area contributed by atoms with E-state index in [1.807, 2.05) is 35.7 Å². The SMILES string of the molecule is NC(=O)NNc1nc(-c2ccccc2)cs1. The second kappa shape index (κ2) is 4.63. The highest BCUT2D eigenvalue weighted by atomic mass is 32.1. The zero-order valence-electron chi connectivity index (χ0n) is 8.31. The molecule has 0 bridgehead atoms. The lowest BCUT2D eigenvalue weighted by molar-refractivity contribution is 0.250. The Kier molecular flexibility index (Phi) is 3.02. The molecule has 0 saturated heterocycles. The molecular formula is C10H10N4OS. The van der Waals surface area contributed by atoms with E-state index in [0.29, 0.717) is 5.13 Å². The van der Waals surface area contributed by atoms with Crippen LogP contribution in [-0.2, 0) is 0 Å². The molecule has 6 heteroatoms. The molecule has 1 aromatic heterocycles. The van der Waals surface area contributed by atoms with E-state index in [1.54, 1.807) is 0 Å². The molecule has 1 heterocycles. The molecule has 0 aliphatic rings. The van der Waals surface area contributed by atoms with Crippen LogP contribution in [0.25, 0.3) is 11.3 Å². The maximum atomic E-state index is 10.5. The van der Waals surface area contributed by atoms with E-state index in [9.17, 15) is 4.79 Å². The fourth-order valence-corrected chi connectivity index (χ4v) is 1.86. The zero-order valence-corrected chi connectivity index (χ0v) is 9.12. The Morgan fingerprint density at radius 2 is 2.06 bits per heavy atom. The largest absolute Gasteiger partial charge is 0.350 e. The zero-order chi connectivity index (χ0) is 11.4. The Morgan fingerprint density at radius 3 is 2.75 bits per heavy atom. The third kappa shape index (κ3) is 2.48. The molecule has 0 spiro atoms. The Balaban J connectivity index is 2.11. The Morgan fingerprint density at radius 1 is 1.31 bits per heavy atom. The van der Waals surface area contributed by atoms with Gasteiger partial charge in [-0.3, -0.25) is 5.43 Å². The molecule has 0 aliphatic heterocycles. The maximum absolute atomic E-state index is 10.5. The van der Waals surface area contributed by atoms with E-state index < -0.39 is 6.03 Å². The number of nitrogens with one attached hydrogen (secondary N) is 2. The number of rotatable bonds is 3. The van der Waals surface area contributed by atoms with Gasteiger partial charge in [0.15, 0.2) is 0 Å². The van der Waals surface area contributed by atoms with Crippen LogP contribution < -0.4 is 16.6 Å². The van der Waals surface area contributed by atoms with E-state index in [-0.39, 0.29) is 0 Å². The molecule has 0 atom stereocenters. The summed E-state index contributed by atoms with van der Waals surface area (Å²) in [6.45, 7) is 0. The lowest BCUT2D eigenvalue weighted by Gasteiger charge is -2.00. The summed E-state index contributed by atoms with van der Waals surface area (Å²) in [7, 11) is 0. The molecule has 1 aromatic carbocycles. The molecule has 16 heavy (non-hydrogen) atoms. The van der Waals surface area contributed by atoms with Crippen LogP contribution in [0.15, 0.2) is 35.7 Å². The molecule has 5 nitrogen and oxygen atoms in total. The highest BCUT2D eigenvalue weighted by molar-refractivity contribution is 7.14. The van der Waals surface area contributed by atoms with Gasteiger partial charge in [-0.2, -0.15) is 0 Å². The van der Waals surface area contributed by atoms with Crippen LogP contribution in [0.2, 0.25) is 0 Å². The van der Waals surface area contributed by atoms with Crippen molar-refractivity contribution in [3.63, 3.8) is 0 Å². The van der Waals surface area contributed by atoms with Crippen LogP contribution in [0.3, 0.4) is 0 Å². The van der Waals surface area contributed by atoms with Gasteiger partial charge in [-0.15, -0.1) is 11.3 Å². The van der Waals surface area contributed by atoms with E-state index in [0.717, 1.165) is 11.3 Å². The number of urea groups is 1. The van der Waals surface area contributed by atoms with Crippen molar-refractivity contribution in [2.45, 2.75) is 0 Å². The van der Waals surface area contributed by atoms with Gasteiger partial charge in [0.25, 0.3) is 0 Å². The Labute approximate surface area is 96.3 Å². The molecule has 2 rings (SSSR count). The minimum absolute atomic E-state index is 0.595. The summed E-state index contributed by atoms with van der Waals surface area (Å²) in [6.07, 6.45) is 0. The summed E-state index contributed by atoms with van der Waals surface area (Å²) in [5.74, 6) is 0. The van der Waals surface area contributed by atoms with Crippen molar-refractivity contribution in [2.24, 2.45) is 5.73 Å². The molecule has 4 N–H and O–H groups in total. The smallest absolute Gasteiger partial charge is 0.330 e. The highest BCUT2D eigenvalue weighted by Gasteiger charge is 2.03. The number of carbonyl (C=O) groups excluding carboxylic acids is 1. The highest BCUT2D eigenvalue weighted by Crippen LogP contribution is 2.23. The summed E-state index contributed by atoms with van der Waals surface area (Å²) in [5.41, 5.74) is 11.7. The number of thiazole rings is 1. The third-order valence-electron chi connectivity index (χ3n) is 1.87. The first-order valence-corrected chi connectivity index (χ1v) is 5.46. The fourth-order valence-electron chi connectivity index (χ4n) is 1.19. The number of anilines is 1. The normalized spacial score (nSPS) is 9.75. The van der Waals surface area contributed by atoms with Crippen molar-refractivity contribution in [3.05, 3.63) is 35.7 Å². The molecule has 0 fully saturated rings. The van der Waals surface area contributed by atoms with Crippen LogP contribution in [-0.4, -0.2) is 11.0 Å². The summed E-state index contributed by atoms with van der Waals surface area (Å²) >= 11 is 1.39. The average Bonchev–Trinajstić information content (AvgIpc) is 2.76. The number of amides is 2. The van der Waals surface area contributed by atoms with Gasteiger partial charge in [0.2, 0.25) is 5.13 Å². The number of hydrazine groups is 1.